The van der Waals surface area contributed by atoms with Gasteiger partial charge in [0.25, 0.3) is 0 Å². The van der Waals surface area contributed by atoms with E-state index in [2.05, 4.69) is 0 Å². The summed E-state index contributed by atoms with van der Waals surface area (Å²) in [6, 6.07) is 4.78. The lowest BCUT2D eigenvalue weighted by Gasteiger charge is -1.98. The molecule has 0 amide bonds. The molecule has 0 aliphatic carbocycles. The first-order valence-electron chi connectivity index (χ1n) is 3.41. The molecule has 13 heavy (non-hydrogen) atoms. The molecule has 0 radical (unpaired) electrons. The SMILES string of the molecule is Cl.O=C(O)c1cccc2c1OCO2. The third-order valence-corrected chi connectivity index (χ3v) is 1.63. The Morgan fingerprint density at radius 3 is 2.85 bits per heavy atom. The lowest BCUT2D eigenvalue weighted by Crippen LogP contribution is -1.99. The Bertz CT molecular complexity index is 337. The summed E-state index contributed by atoms with van der Waals surface area (Å²) in [5.41, 5.74) is 0.144. The van der Waals surface area contributed by atoms with Gasteiger partial charge in [-0.1, -0.05) is 6.07 Å². The molecule has 0 unspecified atom stereocenters. The van der Waals surface area contributed by atoms with E-state index < -0.39 is 5.97 Å². The number of halogens is 1. The minimum absolute atomic E-state index is 0. The molecule has 0 atom stereocenters. The van der Waals surface area contributed by atoms with Crippen molar-refractivity contribution in [2.75, 3.05) is 6.79 Å². The Morgan fingerprint density at radius 2 is 2.15 bits per heavy atom. The number of rotatable bonds is 1. The fraction of sp³-hybridized carbons (Fsp3) is 0.125. The molecule has 1 aromatic carbocycles. The molecule has 2 rings (SSSR count). The highest BCUT2D eigenvalue weighted by Gasteiger charge is 2.20. The standard InChI is InChI=1S/C8H6O4.ClH/c9-8(10)5-2-1-3-6-7(5)12-4-11-6;/h1-3H,4H2,(H,9,10);1H. The Hall–Kier alpha value is -1.42. The zero-order valence-corrected chi connectivity index (χ0v) is 7.34. The van der Waals surface area contributed by atoms with E-state index in [1.165, 1.54) is 6.07 Å². The van der Waals surface area contributed by atoms with E-state index in [0.29, 0.717) is 11.5 Å². The maximum atomic E-state index is 10.6. The van der Waals surface area contributed by atoms with Crippen LogP contribution in [0.15, 0.2) is 18.2 Å². The highest BCUT2D eigenvalue weighted by Crippen LogP contribution is 2.34. The molecule has 1 heterocycles. The van der Waals surface area contributed by atoms with Crippen LogP contribution in [0.1, 0.15) is 10.4 Å². The maximum absolute atomic E-state index is 10.6. The van der Waals surface area contributed by atoms with Crippen LogP contribution in [0.5, 0.6) is 11.5 Å². The number of aromatic carboxylic acids is 1. The van der Waals surface area contributed by atoms with Crippen molar-refractivity contribution in [3.05, 3.63) is 23.8 Å². The lowest BCUT2D eigenvalue weighted by molar-refractivity contribution is 0.0692. The van der Waals surface area contributed by atoms with E-state index in [0.717, 1.165) is 0 Å². The van der Waals surface area contributed by atoms with Crippen LogP contribution in [0.4, 0.5) is 0 Å². The molecule has 0 bridgehead atoms. The fourth-order valence-electron chi connectivity index (χ4n) is 1.10. The molecular weight excluding hydrogens is 196 g/mol. The second-order valence-corrected chi connectivity index (χ2v) is 2.34. The van der Waals surface area contributed by atoms with Crippen molar-refractivity contribution >= 4 is 18.4 Å². The highest BCUT2D eigenvalue weighted by atomic mass is 35.5. The summed E-state index contributed by atoms with van der Waals surface area (Å²) in [7, 11) is 0. The van der Waals surface area contributed by atoms with Crippen molar-refractivity contribution in [2.24, 2.45) is 0 Å². The fourth-order valence-corrected chi connectivity index (χ4v) is 1.10. The molecule has 1 aromatic rings. The first-order chi connectivity index (χ1) is 5.79. The first kappa shape index (κ1) is 9.67. The first-order valence-corrected chi connectivity index (χ1v) is 3.41. The molecule has 0 spiro atoms. The van der Waals surface area contributed by atoms with E-state index in [9.17, 15) is 4.79 Å². The third-order valence-electron chi connectivity index (χ3n) is 1.63. The van der Waals surface area contributed by atoms with Crippen molar-refractivity contribution in [1.29, 1.82) is 0 Å². The zero-order chi connectivity index (χ0) is 8.55. The predicted octanol–water partition coefficient (Wildman–Crippen LogP) is 1.54. The molecular formula is C8H7ClO4. The number of carbonyl (C=O) groups is 1. The molecule has 4 nitrogen and oxygen atoms in total. The van der Waals surface area contributed by atoms with Gasteiger partial charge in [-0.25, -0.2) is 4.79 Å². The van der Waals surface area contributed by atoms with E-state index in [1.807, 2.05) is 0 Å². The summed E-state index contributed by atoms with van der Waals surface area (Å²) in [6.07, 6.45) is 0. The number of benzene rings is 1. The monoisotopic (exact) mass is 202 g/mol. The summed E-state index contributed by atoms with van der Waals surface area (Å²) in [5.74, 6) is -0.183. The van der Waals surface area contributed by atoms with Crippen LogP contribution in [-0.2, 0) is 0 Å². The molecule has 1 N–H and O–H groups in total. The molecule has 0 fully saturated rings. The van der Waals surface area contributed by atoms with Crippen LogP contribution in [0, 0.1) is 0 Å². The average Bonchev–Trinajstić information content (AvgIpc) is 2.49. The Labute approximate surface area is 80.5 Å². The van der Waals surface area contributed by atoms with E-state index in [-0.39, 0.29) is 24.8 Å². The van der Waals surface area contributed by atoms with Gasteiger partial charge < -0.3 is 14.6 Å². The molecule has 70 valence electrons. The normalized spacial score (nSPS) is 12.0. The summed E-state index contributed by atoms with van der Waals surface area (Å²) < 4.78 is 9.99. The highest BCUT2D eigenvalue weighted by molar-refractivity contribution is 5.92. The molecule has 0 saturated heterocycles. The number of hydrogen-bond donors (Lipinski definition) is 1. The van der Waals surface area contributed by atoms with Crippen LogP contribution in [0.25, 0.3) is 0 Å². The van der Waals surface area contributed by atoms with Gasteiger partial charge in [-0.05, 0) is 12.1 Å². The largest absolute Gasteiger partial charge is 0.478 e. The molecule has 0 saturated carbocycles. The van der Waals surface area contributed by atoms with Crippen molar-refractivity contribution in [1.82, 2.24) is 0 Å². The number of para-hydroxylation sites is 1. The molecule has 5 heteroatoms. The van der Waals surface area contributed by atoms with Crippen molar-refractivity contribution < 1.29 is 19.4 Å². The minimum Gasteiger partial charge on any atom is -0.478 e. The van der Waals surface area contributed by atoms with E-state index >= 15 is 0 Å². The quantitative estimate of drug-likeness (QED) is 0.751. The summed E-state index contributed by atoms with van der Waals surface area (Å²) in [5, 5.41) is 8.71. The molecule has 1 aliphatic rings. The van der Waals surface area contributed by atoms with Crippen molar-refractivity contribution in [3.63, 3.8) is 0 Å². The number of fused-ring (bicyclic) bond motifs is 1. The van der Waals surface area contributed by atoms with Crippen LogP contribution >= 0.6 is 12.4 Å². The minimum atomic E-state index is -1.00. The Kier molecular flexibility index (Phi) is 2.63. The second-order valence-electron chi connectivity index (χ2n) is 2.34. The van der Waals surface area contributed by atoms with Gasteiger partial charge in [0.05, 0.1) is 0 Å². The summed E-state index contributed by atoms with van der Waals surface area (Å²) >= 11 is 0. The Balaban J connectivity index is 0.000000845. The zero-order valence-electron chi connectivity index (χ0n) is 6.52. The van der Waals surface area contributed by atoms with Gasteiger partial charge in [0.15, 0.2) is 11.5 Å². The van der Waals surface area contributed by atoms with Gasteiger partial charge in [-0.15, -0.1) is 12.4 Å². The molecule has 0 aromatic heterocycles. The van der Waals surface area contributed by atoms with Gasteiger partial charge in [0, 0.05) is 0 Å². The smallest absolute Gasteiger partial charge is 0.339 e. The van der Waals surface area contributed by atoms with Gasteiger partial charge in [0.1, 0.15) is 5.56 Å². The van der Waals surface area contributed by atoms with Crippen LogP contribution in [0.2, 0.25) is 0 Å². The number of carboxylic acid groups (broad SMARTS) is 1. The van der Waals surface area contributed by atoms with E-state index in [1.54, 1.807) is 12.1 Å². The van der Waals surface area contributed by atoms with Gasteiger partial charge in [0.2, 0.25) is 6.79 Å². The van der Waals surface area contributed by atoms with Gasteiger partial charge >= 0.3 is 5.97 Å². The van der Waals surface area contributed by atoms with Crippen molar-refractivity contribution in [3.8, 4) is 11.5 Å². The van der Waals surface area contributed by atoms with Gasteiger partial charge in [-0.2, -0.15) is 0 Å². The topological polar surface area (TPSA) is 55.8 Å². The summed E-state index contributed by atoms with van der Waals surface area (Å²) in [4.78, 5) is 10.6. The van der Waals surface area contributed by atoms with Gasteiger partial charge in [-0.3, -0.25) is 0 Å². The summed E-state index contributed by atoms with van der Waals surface area (Å²) in [6.45, 7) is 0.0969. The number of carboxylic acids is 1. The van der Waals surface area contributed by atoms with Crippen molar-refractivity contribution in [2.45, 2.75) is 0 Å². The number of hydrogen-bond acceptors (Lipinski definition) is 3. The second kappa shape index (κ2) is 3.53. The maximum Gasteiger partial charge on any atom is 0.339 e. The predicted molar refractivity (Wildman–Crippen MR) is 46.8 cm³/mol. The molecule has 1 aliphatic heterocycles. The Morgan fingerprint density at radius 1 is 1.38 bits per heavy atom. The van der Waals surface area contributed by atoms with E-state index in [4.69, 9.17) is 14.6 Å². The van der Waals surface area contributed by atoms with Crippen LogP contribution in [0.3, 0.4) is 0 Å². The van der Waals surface area contributed by atoms with Crippen LogP contribution in [-0.4, -0.2) is 17.9 Å². The third kappa shape index (κ3) is 1.53. The number of ether oxygens (including phenoxy) is 2. The van der Waals surface area contributed by atoms with Crippen LogP contribution < -0.4 is 9.47 Å². The average molecular weight is 203 g/mol. The lowest BCUT2D eigenvalue weighted by atomic mass is 10.2.